The average Bonchev–Trinajstić information content (AvgIpc) is 2.71. The lowest BCUT2D eigenvalue weighted by molar-refractivity contribution is -0.128. The van der Waals surface area contributed by atoms with Gasteiger partial charge in [-0.2, -0.15) is 0 Å². The van der Waals surface area contributed by atoms with Gasteiger partial charge in [-0.05, 0) is 32.1 Å². The number of carbonyl (C=O) groups excluding carboxylic acids is 3. The van der Waals surface area contributed by atoms with Gasteiger partial charge < -0.3 is 30.7 Å². The van der Waals surface area contributed by atoms with Crippen LogP contribution in [0.5, 0.6) is 0 Å². The van der Waals surface area contributed by atoms with E-state index in [-0.39, 0.29) is 12.6 Å². The van der Waals surface area contributed by atoms with Gasteiger partial charge in [-0.3, -0.25) is 9.59 Å². The minimum atomic E-state index is -1.48. The summed E-state index contributed by atoms with van der Waals surface area (Å²) in [6.45, 7) is 1.63. The van der Waals surface area contributed by atoms with Crippen molar-refractivity contribution in [2.24, 2.45) is 5.92 Å². The van der Waals surface area contributed by atoms with Gasteiger partial charge in [0.2, 0.25) is 11.8 Å². The fraction of sp³-hybridized carbons (Fsp3) is 0.842. The van der Waals surface area contributed by atoms with Crippen LogP contribution in [0.15, 0.2) is 0 Å². The lowest BCUT2D eigenvalue weighted by Crippen LogP contribution is -2.52. The van der Waals surface area contributed by atoms with Crippen molar-refractivity contribution in [3.63, 3.8) is 0 Å². The minimum Gasteiger partial charge on any atom is -0.449 e. The van der Waals surface area contributed by atoms with Gasteiger partial charge in [-0.1, -0.05) is 38.5 Å². The highest BCUT2D eigenvalue weighted by molar-refractivity contribution is 6.43. The van der Waals surface area contributed by atoms with Gasteiger partial charge in [0.25, 0.3) is 0 Å². The molecule has 3 atom stereocenters. The molecule has 2 fully saturated rings. The van der Waals surface area contributed by atoms with Crippen LogP contribution >= 0.6 is 0 Å². The Hall–Kier alpha value is -1.81. The predicted molar refractivity (Wildman–Crippen MR) is 108 cm³/mol. The van der Waals surface area contributed by atoms with Crippen LogP contribution in [0.2, 0.25) is 5.82 Å². The highest BCUT2D eigenvalue weighted by atomic mass is 16.5. The molecule has 0 aromatic carbocycles. The van der Waals surface area contributed by atoms with Crippen molar-refractivity contribution in [3.8, 4) is 0 Å². The largest absolute Gasteiger partial charge is 0.456 e. The van der Waals surface area contributed by atoms with Crippen LogP contribution in [-0.2, 0) is 14.3 Å². The zero-order valence-corrected chi connectivity index (χ0v) is 17.2. The first kappa shape index (κ1) is 23.5. The van der Waals surface area contributed by atoms with E-state index in [1.54, 1.807) is 6.92 Å². The highest BCUT2D eigenvalue weighted by Gasteiger charge is 2.35. The first-order chi connectivity index (χ1) is 13.9. The smallest absolute Gasteiger partial charge is 0.449 e. The molecule has 0 spiro atoms. The van der Waals surface area contributed by atoms with E-state index in [4.69, 9.17) is 4.74 Å². The van der Waals surface area contributed by atoms with E-state index in [1.807, 2.05) is 0 Å². The van der Waals surface area contributed by atoms with E-state index in [0.29, 0.717) is 25.4 Å². The standard InChI is InChI=1S/C19H34BN3O6/c1-13(18(25)23-16-10-6-5-9-15(16)20(27)28)22-17(24)11-21-19(26)29-12-14-7-3-2-4-8-14/h13-16,27-28H,2-12H2,1H3,(H,21,26)(H,22,24)(H,23,25)/t13-,15?,16?/m0/s1. The minimum absolute atomic E-state index is 0.275. The molecule has 29 heavy (non-hydrogen) atoms. The lowest BCUT2D eigenvalue weighted by Gasteiger charge is -2.32. The van der Waals surface area contributed by atoms with E-state index in [2.05, 4.69) is 16.0 Å². The van der Waals surface area contributed by atoms with Crippen molar-refractivity contribution in [2.45, 2.75) is 82.6 Å². The maximum atomic E-state index is 12.3. The second-order valence-electron chi connectivity index (χ2n) is 8.22. The summed E-state index contributed by atoms with van der Waals surface area (Å²) in [5, 5.41) is 26.7. The van der Waals surface area contributed by atoms with Crippen LogP contribution in [0, 0.1) is 5.92 Å². The number of rotatable bonds is 8. The van der Waals surface area contributed by atoms with Crippen LogP contribution in [0.4, 0.5) is 4.79 Å². The molecule has 0 aromatic heterocycles. The number of hydrogen-bond acceptors (Lipinski definition) is 6. The average molecular weight is 411 g/mol. The summed E-state index contributed by atoms with van der Waals surface area (Å²) in [6, 6.07) is -1.13. The summed E-state index contributed by atoms with van der Waals surface area (Å²) >= 11 is 0. The Kier molecular flexibility index (Phi) is 9.73. The third kappa shape index (κ3) is 8.22. The summed E-state index contributed by atoms with van der Waals surface area (Å²) in [7, 11) is -1.48. The molecule has 0 radical (unpaired) electrons. The Bertz CT molecular complexity index is 556. The molecule has 164 valence electrons. The number of ether oxygens (including phenoxy) is 1. The fourth-order valence-electron chi connectivity index (χ4n) is 4.11. The molecule has 5 N–H and O–H groups in total. The molecule has 2 rings (SSSR count). The van der Waals surface area contributed by atoms with E-state index < -0.39 is 36.9 Å². The number of amides is 3. The first-order valence-corrected chi connectivity index (χ1v) is 10.7. The topological polar surface area (TPSA) is 137 Å². The summed E-state index contributed by atoms with van der Waals surface area (Å²) in [5.41, 5.74) is 0. The van der Waals surface area contributed by atoms with Crippen LogP contribution in [0.3, 0.4) is 0 Å². The number of nitrogens with one attached hydrogen (secondary N) is 3. The molecule has 0 heterocycles. The molecule has 2 saturated carbocycles. The van der Waals surface area contributed by atoms with Crippen molar-refractivity contribution >= 4 is 25.0 Å². The molecular weight excluding hydrogens is 377 g/mol. The van der Waals surface area contributed by atoms with Gasteiger partial charge in [-0.15, -0.1) is 0 Å². The van der Waals surface area contributed by atoms with Crippen molar-refractivity contribution in [3.05, 3.63) is 0 Å². The molecule has 2 aliphatic carbocycles. The Balaban J connectivity index is 1.65. The van der Waals surface area contributed by atoms with Crippen molar-refractivity contribution < 1.29 is 29.2 Å². The van der Waals surface area contributed by atoms with Crippen molar-refractivity contribution in [2.75, 3.05) is 13.2 Å². The number of carbonyl (C=O) groups is 3. The molecule has 9 nitrogen and oxygen atoms in total. The van der Waals surface area contributed by atoms with Gasteiger partial charge in [0, 0.05) is 11.9 Å². The summed E-state index contributed by atoms with van der Waals surface area (Å²) in [5.74, 6) is -0.898. The molecule has 0 saturated heterocycles. The maximum absolute atomic E-state index is 12.3. The van der Waals surface area contributed by atoms with Gasteiger partial charge in [-0.25, -0.2) is 4.79 Å². The quantitative estimate of drug-likeness (QED) is 0.373. The molecule has 2 aliphatic rings. The first-order valence-electron chi connectivity index (χ1n) is 10.7. The predicted octanol–water partition coefficient (Wildman–Crippen LogP) is 0.699. The Morgan fingerprint density at radius 3 is 2.38 bits per heavy atom. The molecule has 0 aliphatic heterocycles. The maximum Gasteiger partial charge on any atom is 0.456 e. The third-order valence-corrected chi connectivity index (χ3v) is 5.87. The SMILES string of the molecule is C[C@H](NC(=O)CNC(=O)OCC1CCCCC1)C(=O)NC1CCCCC1B(O)O. The molecule has 0 bridgehead atoms. The van der Waals surface area contributed by atoms with Crippen molar-refractivity contribution in [1.82, 2.24) is 16.0 Å². The van der Waals surface area contributed by atoms with Crippen LogP contribution in [0.1, 0.15) is 64.7 Å². The van der Waals surface area contributed by atoms with Crippen LogP contribution < -0.4 is 16.0 Å². The highest BCUT2D eigenvalue weighted by Crippen LogP contribution is 2.30. The van der Waals surface area contributed by atoms with Gasteiger partial charge in [0.1, 0.15) is 12.6 Å². The van der Waals surface area contributed by atoms with E-state index in [1.165, 1.54) is 6.42 Å². The second-order valence-corrected chi connectivity index (χ2v) is 8.22. The number of alkyl carbamates (subject to hydrolysis) is 1. The van der Waals surface area contributed by atoms with Crippen LogP contribution in [-0.4, -0.2) is 60.3 Å². The van der Waals surface area contributed by atoms with Gasteiger partial charge >= 0.3 is 13.2 Å². The second kappa shape index (κ2) is 12.0. The molecule has 2 unspecified atom stereocenters. The van der Waals surface area contributed by atoms with Gasteiger partial charge in [0.15, 0.2) is 0 Å². The summed E-state index contributed by atoms with van der Waals surface area (Å²) in [6.07, 6.45) is 8.16. The Labute approximate surface area is 172 Å². The van der Waals surface area contributed by atoms with Gasteiger partial charge in [0.05, 0.1) is 6.61 Å². The van der Waals surface area contributed by atoms with E-state index in [0.717, 1.165) is 38.5 Å². The monoisotopic (exact) mass is 411 g/mol. The molecule has 10 heteroatoms. The zero-order valence-electron chi connectivity index (χ0n) is 17.2. The van der Waals surface area contributed by atoms with Crippen molar-refractivity contribution in [1.29, 1.82) is 0 Å². The normalized spacial score (nSPS) is 23.6. The molecular formula is C19H34BN3O6. The third-order valence-electron chi connectivity index (χ3n) is 5.87. The fourth-order valence-corrected chi connectivity index (χ4v) is 4.11. The Morgan fingerprint density at radius 1 is 1.03 bits per heavy atom. The van der Waals surface area contributed by atoms with E-state index in [9.17, 15) is 24.4 Å². The lowest BCUT2D eigenvalue weighted by atomic mass is 9.62. The zero-order chi connectivity index (χ0) is 21.2. The van der Waals surface area contributed by atoms with E-state index >= 15 is 0 Å². The molecule has 3 amide bonds. The summed E-state index contributed by atoms with van der Waals surface area (Å²) in [4.78, 5) is 36.1. The summed E-state index contributed by atoms with van der Waals surface area (Å²) < 4.78 is 5.16. The Morgan fingerprint density at radius 2 is 1.69 bits per heavy atom. The number of hydrogen-bond donors (Lipinski definition) is 5. The van der Waals surface area contributed by atoms with Crippen LogP contribution in [0.25, 0.3) is 0 Å². The molecule has 0 aromatic rings.